The number of benzene rings is 2. The molecule has 2 aromatic rings. The van der Waals surface area contributed by atoms with E-state index in [1.54, 1.807) is 6.21 Å². The van der Waals surface area contributed by atoms with Gasteiger partial charge < -0.3 is 4.74 Å². The van der Waals surface area contributed by atoms with E-state index in [1.165, 1.54) is 5.56 Å². The Balaban J connectivity index is 1.36. The molecular weight excluding hydrogens is 352 g/mol. The third-order valence-corrected chi connectivity index (χ3v) is 4.68. The Morgan fingerprint density at radius 3 is 2.39 bits per heavy atom. The largest absolute Gasteiger partial charge is 0.494 e. The van der Waals surface area contributed by atoms with Crippen LogP contribution in [0.25, 0.3) is 0 Å². The second-order valence-electron chi connectivity index (χ2n) is 6.83. The van der Waals surface area contributed by atoms with Crippen LogP contribution in [0.5, 0.6) is 5.75 Å². The van der Waals surface area contributed by atoms with Gasteiger partial charge in [-0.05, 0) is 42.3 Å². The van der Waals surface area contributed by atoms with Crippen molar-refractivity contribution in [3.05, 3.63) is 65.7 Å². The van der Waals surface area contributed by atoms with Gasteiger partial charge in [-0.25, -0.2) is 5.43 Å². The lowest BCUT2D eigenvalue weighted by Crippen LogP contribution is -2.48. The number of carbonyl (C=O) groups is 1. The van der Waals surface area contributed by atoms with Crippen LogP contribution in [0.1, 0.15) is 18.1 Å². The van der Waals surface area contributed by atoms with Crippen LogP contribution in [0.4, 0.5) is 0 Å². The summed E-state index contributed by atoms with van der Waals surface area (Å²) in [6.07, 6.45) is 1.64. The minimum atomic E-state index is -0.0845. The molecular formula is C22H28N4O2. The molecule has 0 saturated carbocycles. The number of hydrogen-bond acceptors (Lipinski definition) is 5. The molecule has 0 aliphatic carbocycles. The summed E-state index contributed by atoms with van der Waals surface area (Å²) < 4.78 is 5.41. The number of piperazine rings is 1. The van der Waals surface area contributed by atoms with Crippen LogP contribution in [0.15, 0.2) is 59.7 Å². The number of hydrazone groups is 1. The van der Waals surface area contributed by atoms with E-state index < -0.39 is 0 Å². The molecule has 1 heterocycles. The molecule has 0 unspecified atom stereocenters. The number of carbonyl (C=O) groups excluding carboxylic acids is 1. The molecule has 6 heteroatoms. The lowest BCUT2D eigenvalue weighted by Gasteiger charge is -2.34. The van der Waals surface area contributed by atoms with E-state index in [0.717, 1.165) is 44.0 Å². The molecule has 1 fully saturated rings. The molecule has 0 radical (unpaired) electrons. The van der Waals surface area contributed by atoms with E-state index in [-0.39, 0.29) is 5.91 Å². The van der Waals surface area contributed by atoms with Crippen LogP contribution in [-0.2, 0) is 11.3 Å². The van der Waals surface area contributed by atoms with E-state index in [1.807, 2.05) is 37.3 Å². The first-order valence-corrected chi connectivity index (χ1v) is 9.76. The maximum atomic E-state index is 12.1. The number of ether oxygens (including phenoxy) is 1. The molecule has 0 spiro atoms. The van der Waals surface area contributed by atoms with Crippen molar-refractivity contribution in [2.75, 3.05) is 39.3 Å². The van der Waals surface area contributed by atoms with Gasteiger partial charge in [0.15, 0.2) is 0 Å². The van der Waals surface area contributed by atoms with E-state index in [9.17, 15) is 4.79 Å². The molecule has 2 aromatic carbocycles. The quantitative estimate of drug-likeness (QED) is 0.564. The lowest BCUT2D eigenvalue weighted by atomic mass is 10.2. The summed E-state index contributed by atoms with van der Waals surface area (Å²) in [5.74, 6) is 0.744. The van der Waals surface area contributed by atoms with Crippen LogP contribution in [0.2, 0.25) is 0 Å². The Hall–Kier alpha value is -2.70. The van der Waals surface area contributed by atoms with E-state index in [4.69, 9.17) is 4.74 Å². The fourth-order valence-corrected chi connectivity index (χ4v) is 3.18. The van der Waals surface area contributed by atoms with Crippen molar-refractivity contribution in [1.29, 1.82) is 0 Å². The van der Waals surface area contributed by atoms with Crippen molar-refractivity contribution in [2.45, 2.75) is 13.5 Å². The SMILES string of the molecule is CCOc1ccc(/C=N\NC(=O)CN2CCN(Cc3ccccc3)CC2)cc1. The second kappa shape index (κ2) is 10.6. The van der Waals surface area contributed by atoms with Crippen LogP contribution in [0, 0.1) is 0 Å². The van der Waals surface area contributed by atoms with Gasteiger partial charge in [-0.2, -0.15) is 5.10 Å². The van der Waals surface area contributed by atoms with Gasteiger partial charge in [-0.15, -0.1) is 0 Å². The van der Waals surface area contributed by atoms with Gasteiger partial charge in [0.25, 0.3) is 5.91 Å². The molecule has 28 heavy (non-hydrogen) atoms. The molecule has 0 bridgehead atoms. The zero-order chi connectivity index (χ0) is 19.6. The van der Waals surface area contributed by atoms with Crippen LogP contribution in [-0.4, -0.2) is 61.3 Å². The Morgan fingerprint density at radius 1 is 1.04 bits per heavy atom. The molecule has 1 aliphatic rings. The highest BCUT2D eigenvalue weighted by atomic mass is 16.5. The third kappa shape index (κ3) is 6.48. The fourth-order valence-electron chi connectivity index (χ4n) is 3.18. The van der Waals surface area contributed by atoms with E-state index in [2.05, 4.69) is 44.6 Å². The minimum absolute atomic E-state index is 0.0845. The van der Waals surface area contributed by atoms with Crippen molar-refractivity contribution in [2.24, 2.45) is 5.10 Å². The Bertz CT molecular complexity index is 754. The van der Waals surface area contributed by atoms with Gasteiger partial charge in [0, 0.05) is 32.7 Å². The molecule has 3 rings (SSSR count). The van der Waals surface area contributed by atoms with Crippen molar-refractivity contribution >= 4 is 12.1 Å². The van der Waals surface area contributed by atoms with Crippen molar-refractivity contribution in [3.8, 4) is 5.75 Å². The van der Waals surface area contributed by atoms with Crippen molar-refractivity contribution < 1.29 is 9.53 Å². The van der Waals surface area contributed by atoms with Crippen LogP contribution >= 0.6 is 0 Å². The Kier molecular flexibility index (Phi) is 7.58. The molecule has 6 nitrogen and oxygen atoms in total. The molecule has 148 valence electrons. The number of rotatable bonds is 8. The number of hydrogen-bond donors (Lipinski definition) is 1. The van der Waals surface area contributed by atoms with Crippen LogP contribution in [0.3, 0.4) is 0 Å². The first-order chi connectivity index (χ1) is 13.7. The lowest BCUT2D eigenvalue weighted by molar-refractivity contribution is -0.122. The average molecular weight is 380 g/mol. The smallest absolute Gasteiger partial charge is 0.254 e. The van der Waals surface area contributed by atoms with Gasteiger partial charge in [-0.1, -0.05) is 30.3 Å². The summed E-state index contributed by atoms with van der Waals surface area (Å²) in [6, 6.07) is 18.1. The molecule has 0 atom stereocenters. The highest BCUT2D eigenvalue weighted by Gasteiger charge is 2.18. The first kappa shape index (κ1) is 20.0. The zero-order valence-electron chi connectivity index (χ0n) is 16.4. The topological polar surface area (TPSA) is 57.2 Å². The van der Waals surface area contributed by atoms with Crippen molar-refractivity contribution in [1.82, 2.24) is 15.2 Å². The maximum Gasteiger partial charge on any atom is 0.254 e. The van der Waals surface area contributed by atoms with Gasteiger partial charge >= 0.3 is 0 Å². The van der Waals surface area contributed by atoms with Crippen LogP contribution < -0.4 is 10.2 Å². The summed E-state index contributed by atoms with van der Waals surface area (Å²) in [5.41, 5.74) is 4.86. The summed E-state index contributed by atoms with van der Waals surface area (Å²) in [5, 5.41) is 4.05. The van der Waals surface area contributed by atoms with Crippen molar-refractivity contribution in [3.63, 3.8) is 0 Å². The predicted octanol–water partition coefficient (Wildman–Crippen LogP) is 2.35. The summed E-state index contributed by atoms with van der Waals surface area (Å²) in [6.45, 7) is 7.66. The highest BCUT2D eigenvalue weighted by molar-refractivity contribution is 5.83. The molecule has 0 aromatic heterocycles. The standard InChI is InChI=1S/C22H28N4O2/c1-2-28-21-10-8-19(9-11-21)16-23-24-22(27)18-26-14-12-25(13-15-26)17-20-6-4-3-5-7-20/h3-11,16H,2,12-15,17-18H2,1H3,(H,24,27)/b23-16-. The molecule has 1 amide bonds. The molecule has 1 N–H and O–H groups in total. The number of nitrogens with zero attached hydrogens (tertiary/aromatic N) is 3. The first-order valence-electron chi connectivity index (χ1n) is 9.76. The average Bonchev–Trinajstić information content (AvgIpc) is 2.72. The van der Waals surface area contributed by atoms with Gasteiger partial charge in [0.2, 0.25) is 0 Å². The van der Waals surface area contributed by atoms with E-state index >= 15 is 0 Å². The monoisotopic (exact) mass is 380 g/mol. The summed E-state index contributed by atoms with van der Waals surface area (Å²) in [7, 11) is 0. The maximum absolute atomic E-state index is 12.1. The number of nitrogens with one attached hydrogen (secondary N) is 1. The van der Waals surface area contributed by atoms with E-state index in [0.29, 0.717) is 13.2 Å². The van der Waals surface area contributed by atoms with Gasteiger partial charge in [0.1, 0.15) is 5.75 Å². The van der Waals surface area contributed by atoms with Gasteiger partial charge in [0.05, 0.1) is 19.4 Å². The fraction of sp³-hybridized carbons (Fsp3) is 0.364. The Labute approximate surface area is 166 Å². The predicted molar refractivity (Wildman–Crippen MR) is 112 cm³/mol. The molecule has 1 aliphatic heterocycles. The second-order valence-corrected chi connectivity index (χ2v) is 6.83. The number of amides is 1. The summed E-state index contributed by atoms with van der Waals surface area (Å²) >= 11 is 0. The third-order valence-electron chi connectivity index (χ3n) is 4.68. The molecule has 1 saturated heterocycles. The van der Waals surface area contributed by atoms with Gasteiger partial charge in [-0.3, -0.25) is 14.6 Å². The highest BCUT2D eigenvalue weighted by Crippen LogP contribution is 2.11. The zero-order valence-corrected chi connectivity index (χ0v) is 16.4. The normalized spacial score (nSPS) is 15.6. The summed E-state index contributed by atoms with van der Waals surface area (Å²) in [4.78, 5) is 16.7. The minimum Gasteiger partial charge on any atom is -0.494 e. The Morgan fingerprint density at radius 2 is 1.71 bits per heavy atom.